The summed E-state index contributed by atoms with van der Waals surface area (Å²) in [6.45, 7) is 6.57. The standard InChI is InChI=1S/C22H23N3OS/c1-3-8-17-11-13-18(14-12-17)20(26)16-27-22-24-23-21(25(22)15-4-2)19-9-6-5-7-10-19/h4-7,9-14H,2-3,8,15-16H2,1H3. The second-order valence-electron chi connectivity index (χ2n) is 6.23. The molecule has 0 bridgehead atoms. The first kappa shape index (κ1) is 19.1. The summed E-state index contributed by atoms with van der Waals surface area (Å²) in [5.41, 5.74) is 3.00. The van der Waals surface area contributed by atoms with Crippen molar-refractivity contribution in [3.05, 3.63) is 78.4 Å². The number of aromatic nitrogens is 3. The average molecular weight is 378 g/mol. The molecule has 0 amide bonds. The Balaban J connectivity index is 1.73. The van der Waals surface area contributed by atoms with Gasteiger partial charge in [-0.3, -0.25) is 9.36 Å². The summed E-state index contributed by atoms with van der Waals surface area (Å²) in [6, 6.07) is 17.8. The van der Waals surface area contributed by atoms with Crippen LogP contribution in [0.4, 0.5) is 0 Å². The van der Waals surface area contributed by atoms with E-state index in [1.807, 2.05) is 65.2 Å². The van der Waals surface area contributed by atoms with Crippen LogP contribution in [-0.4, -0.2) is 26.3 Å². The molecule has 0 aliphatic rings. The Hall–Kier alpha value is -2.66. The number of Topliss-reactive ketones (excluding diaryl/α,β-unsaturated/α-hetero) is 1. The third kappa shape index (κ3) is 4.74. The summed E-state index contributed by atoms with van der Waals surface area (Å²) >= 11 is 1.41. The van der Waals surface area contributed by atoms with E-state index in [1.54, 1.807) is 0 Å². The molecule has 0 saturated heterocycles. The number of aryl methyl sites for hydroxylation is 1. The number of allylic oxidation sites excluding steroid dienone is 1. The van der Waals surface area contributed by atoms with Gasteiger partial charge in [-0.1, -0.05) is 85.8 Å². The van der Waals surface area contributed by atoms with Crippen LogP contribution in [-0.2, 0) is 13.0 Å². The van der Waals surface area contributed by atoms with Crippen LogP contribution in [0, 0.1) is 0 Å². The third-order valence-corrected chi connectivity index (χ3v) is 5.17. The summed E-state index contributed by atoms with van der Waals surface area (Å²) in [6.07, 6.45) is 3.95. The van der Waals surface area contributed by atoms with E-state index in [4.69, 9.17) is 0 Å². The van der Waals surface area contributed by atoms with Crippen molar-refractivity contribution >= 4 is 17.5 Å². The Morgan fingerprint density at radius 3 is 2.52 bits per heavy atom. The van der Waals surface area contributed by atoms with Gasteiger partial charge in [-0.15, -0.1) is 16.8 Å². The molecule has 0 radical (unpaired) electrons. The molecule has 1 aromatic heterocycles. The van der Waals surface area contributed by atoms with Gasteiger partial charge in [0.1, 0.15) is 0 Å². The molecular formula is C22H23N3OS. The minimum atomic E-state index is 0.0949. The van der Waals surface area contributed by atoms with E-state index >= 15 is 0 Å². The van der Waals surface area contributed by atoms with E-state index in [0.29, 0.717) is 12.3 Å². The van der Waals surface area contributed by atoms with Gasteiger partial charge >= 0.3 is 0 Å². The average Bonchev–Trinajstić information content (AvgIpc) is 3.10. The summed E-state index contributed by atoms with van der Waals surface area (Å²) in [5, 5.41) is 9.34. The van der Waals surface area contributed by atoms with Crippen molar-refractivity contribution in [3.63, 3.8) is 0 Å². The van der Waals surface area contributed by atoms with Gasteiger partial charge in [0.25, 0.3) is 0 Å². The highest BCUT2D eigenvalue weighted by Gasteiger charge is 2.15. The van der Waals surface area contributed by atoms with Gasteiger partial charge in [0.15, 0.2) is 16.8 Å². The zero-order valence-corrected chi connectivity index (χ0v) is 16.3. The Morgan fingerprint density at radius 1 is 1.11 bits per heavy atom. The van der Waals surface area contributed by atoms with E-state index in [2.05, 4.69) is 23.7 Å². The Bertz CT molecular complexity index is 901. The monoisotopic (exact) mass is 377 g/mol. The van der Waals surface area contributed by atoms with Crippen molar-refractivity contribution in [2.24, 2.45) is 0 Å². The molecule has 3 rings (SSSR count). The van der Waals surface area contributed by atoms with Crippen LogP contribution in [0.1, 0.15) is 29.3 Å². The second kappa shape index (κ2) is 9.33. The first-order valence-corrected chi connectivity index (χ1v) is 10.1. The van der Waals surface area contributed by atoms with Gasteiger partial charge in [0.2, 0.25) is 0 Å². The van der Waals surface area contributed by atoms with E-state index in [-0.39, 0.29) is 5.78 Å². The fourth-order valence-corrected chi connectivity index (χ4v) is 3.69. The van der Waals surface area contributed by atoms with Gasteiger partial charge in [-0.2, -0.15) is 0 Å². The molecule has 0 aliphatic heterocycles. The number of hydrogen-bond donors (Lipinski definition) is 0. The lowest BCUT2D eigenvalue weighted by Crippen LogP contribution is -2.05. The first-order chi connectivity index (χ1) is 13.2. The number of carbonyl (C=O) groups excluding carboxylic acids is 1. The zero-order valence-electron chi connectivity index (χ0n) is 15.5. The lowest BCUT2D eigenvalue weighted by Gasteiger charge is -2.07. The highest BCUT2D eigenvalue weighted by atomic mass is 32.2. The van der Waals surface area contributed by atoms with E-state index in [9.17, 15) is 4.79 Å². The van der Waals surface area contributed by atoms with Crippen LogP contribution in [0.25, 0.3) is 11.4 Å². The molecule has 27 heavy (non-hydrogen) atoms. The number of nitrogens with zero attached hydrogens (tertiary/aromatic N) is 3. The van der Waals surface area contributed by atoms with Crippen LogP contribution in [0.15, 0.2) is 72.4 Å². The van der Waals surface area contributed by atoms with E-state index in [0.717, 1.165) is 34.9 Å². The predicted octanol–water partition coefficient (Wildman–Crippen LogP) is 5.06. The van der Waals surface area contributed by atoms with Gasteiger partial charge in [-0.05, 0) is 12.0 Å². The fraction of sp³-hybridized carbons (Fsp3) is 0.227. The summed E-state index contributed by atoms with van der Waals surface area (Å²) in [4.78, 5) is 12.5. The molecule has 0 spiro atoms. The number of rotatable bonds is 9. The predicted molar refractivity (Wildman–Crippen MR) is 111 cm³/mol. The van der Waals surface area contributed by atoms with Crippen molar-refractivity contribution in [1.29, 1.82) is 0 Å². The van der Waals surface area contributed by atoms with Gasteiger partial charge in [0, 0.05) is 17.7 Å². The van der Waals surface area contributed by atoms with Gasteiger partial charge < -0.3 is 0 Å². The van der Waals surface area contributed by atoms with Crippen LogP contribution >= 0.6 is 11.8 Å². The number of carbonyl (C=O) groups is 1. The molecule has 5 heteroatoms. The van der Waals surface area contributed by atoms with Crippen molar-refractivity contribution in [2.75, 3.05) is 5.75 Å². The molecular weight excluding hydrogens is 354 g/mol. The topological polar surface area (TPSA) is 47.8 Å². The quantitative estimate of drug-likeness (QED) is 0.297. The Labute approximate surface area is 164 Å². The van der Waals surface area contributed by atoms with E-state index in [1.165, 1.54) is 17.3 Å². The minimum Gasteiger partial charge on any atom is -0.298 e. The largest absolute Gasteiger partial charge is 0.298 e. The Kier molecular flexibility index (Phi) is 6.60. The third-order valence-electron chi connectivity index (χ3n) is 4.21. The van der Waals surface area contributed by atoms with Crippen LogP contribution in [0.3, 0.4) is 0 Å². The van der Waals surface area contributed by atoms with Crippen molar-refractivity contribution in [3.8, 4) is 11.4 Å². The van der Waals surface area contributed by atoms with Gasteiger partial charge in [0.05, 0.1) is 5.75 Å². The van der Waals surface area contributed by atoms with E-state index < -0.39 is 0 Å². The highest BCUT2D eigenvalue weighted by molar-refractivity contribution is 7.99. The summed E-state index contributed by atoms with van der Waals surface area (Å²) in [5.74, 6) is 1.21. The van der Waals surface area contributed by atoms with Crippen LogP contribution in [0.5, 0.6) is 0 Å². The SMILES string of the molecule is C=CCn1c(SCC(=O)c2ccc(CCC)cc2)nnc1-c1ccccc1. The first-order valence-electron chi connectivity index (χ1n) is 9.07. The minimum absolute atomic E-state index is 0.0949. The summed E-state index contributed by atoms with van der Waals surface area (Å²) in [7, 11) is 0. The molecule has 0 N–H and O–H groups in total. The van der Waals surface area contributed by atoms with Crippen LogP contribution in [0.2, 0.25) is 0 Å². The maximum atomic E-state index is 12.5. The van der Waals surface area contributed by atoms with Crippen molar-refractivity contribution in [2.45, 2.75) is 31.5 Å². The lowest BCUT2D eigenvalue weighted by molar-refractivity contribution is 0.102. The lowest BCUT2D eigenvalue weighted by atomic mass is 10.1. The molecule has 1 heterocycles. The number of hydrogen-bond acceptors (Lipinski definition) is 4. The van der Waals surface area contributed by atoms with Crippen LogP contribution < -0.4 is 0 Å². The van der Waals surface area contributed by atoms with Crippen molar-refractivity contribution in [1.82, 2.24) is 14.8 Å². The maximum absolute atomic E-state index is 12.5. The summed E-state index contributed by atoms with van der Waals surface area (Å²) < 4.78 is 1.99. The maximum Gasteiger partial charge on any atom is 0.192 e. The molecule has 0 saturated carbocycles. The number of benzene rings is 2. The molecule has 0 unspecified atom stereocenters. The fourth-order valence-electron chi connectivity index (χ4n) is 2.85. The molecule has 0 fully saturated rings. The molecule has 4 nitrogen and oxygen atoms in total. The zero-order chi connectivity index (χ0) is 19.1. The molecule has 0 aliphatic carbocycles. The van der Waals surface area contributed by atoms with Crippen molar-refractivity contribution < 1.29 is 4.79 Å². The molecule has 2 aromatic carbocycles. The second-order valence-corrected chi connectivity index (χ2v) is 7.17. The number of thioether (sulfide) groups is 1. The Morgan fingerprint density at radius 2 is 1.85 bits per heavy atom. The molecule has 3 aromatic rings. The number of ketones is 1. The normalized spacial score (nSPS) is 10.7. The van der Waals surface area contributed by atoms with Gasteiger partial charge in [-0.25, -0.2) is 0 Å². The molecule has 0 atom stereocenters. The smallest absolute Gasteiger partial charge is 0.192 e. The molecule has 138 valence electrons. The highest BCUT2D eigenvalue weighted by Crippen LogP contribution is 2.24.